The molecule has 0 aromatic heterocycles. The highest BCUT2D eigenvalue weighted by molar-refractivity contribution is 6.30. The standard InChI is InChI=1S/C12H14ClNO/c1-2-12(7-11(15)14-8-12)9-4-3-5-10(13)6-9/h3-6H,2,7-8H2,1H3,(H,14,15). The quantitative estimate of drug-likeness (QED) is 0.820. The number of amides is 1. The SMILES string of the molecule is CCC1(c2cccc(Cl)c2)CNC(=O)C1. The van der Waals surface area contributed by atoms with Gasteiger partial charge >= 0.3 is 0 Å². The van der Waals surface area contributed by atoms with Gasteiger partial charge in [-0.1, -0.05) is 30.7 Å². The molecule has 80 valence electrons. The molecule has 0 aliphatic carbocycles. The summed E-state index contributed by atoms with van der Waals surface area (Å²) >= 11 is 5.97. The zero-order valence-corrected chi connectivity index (χ0v) is 9.47. The molecule has 1 aliphatic heterocycles. The van der Waals surface area contributed by atoms with Gasteiger partial charge in [0.1, 0.15) is 0 Å². The lowest BCUT2D eigenvalue weighted by Gasteiger charge is -2.26. The summed E-state index contributed by atoms with van der Waals surface area (Å²) in [7, 11) is 0. The summed E-state index contributed by atoms with van der Waals surface area (Å²) in [6.45, 7) is 2.84. The molecule has 0 spiro atoms. The minimum atomic E-state index is -0.0536. The molecule has 1 unspecified atom stereocenters. The lowest BCUT2D eigenvalue weighted by molar-refractivity contribution is -0.119. The molecule has 1 atom stereocenters. The van der Waals surface area contributed by atoms with Gasteiger partial charge in [0, 0.05) is 23.4 Å². The molecule has 15 heavy (non-hydrogen) atoms. The molecular formula is C12H14ClNO. The van der Waals surface area contributed by atoms with Crippen LogP contribution in [0.4, 0.5) is 0 Å². The van der Waals surface area contributed by atoms with Crippen LogP contribution in [0.25, 0.3) is 0 Å². The Balaban J connectivity index is 2.38. The number of rotatable bonds is 2. The first-order chi connectivity index (χ1) is 7.16. The van der Waals surface area contributed by atoms with Gasteiger partial charge in [-0.05, 0) is 24.1 Å². The zero-order valence-electron chi connectivity index (χ0n) is 8.72. The summed E-state index contributed by atoms with van der Waals surface area (Å²) < 4.78 is 0. The van der Waals surface area contributed by atoms with Gasteiger partial charge in [0.15, 0.2) is 0 Å². The van der Waals surface area contributed by atoms with Crippen LogP contribution in [0.2, 0.25) is 5.02 Å². The van der Waals surface area contributed by atoms with Crippen molar-refractivity contribution in [3.8, 4) is 0 Å². The van der Waals surface area contributed by atoms with E-state index in [2.05, 4.69) is 18.3 Å². The normalized spacial score (nSPS) is 25.3. The highest BCUT2D eigenvalue weighted by Crippen LogP contribution is 2.35. The maximum Gasteiger partial charge on any atom is 0.220 e. The summed E-state index contributed by atoms with van der Waals surface area (Å²) in [6, 6.07) is 7.82. The van der Waals surface area contributed by atoms with Crippen molar-refractivity contribution in [2.75, 3.05) is 6.54 Å². The first-order valence-electron chi connectivity index (χ1n) is 5.19. The Morgan fingerprint density at radius 3 is 2.87 bits per heavy atom. The fourth-order valence-electron chi connectivity index (χ4n) is 2.18. The number of hydrogen-bond acceptors (Lipinski definition) is 1. The molecule has 0 saturated carbocycles. The molecule has 1 aromatic rings. The van der Waals surface area contributed by atoms with Crippen LogP contribution in [0.5, 0.6) is 0 Å². The van der Waals surface area contributed by atoms with Crippen molar-refractivity contribution >= 4 is 17.5 Å². The van der Waals surface area contributed by atoms with Crippen molar-refractivity contribution in [3.05, 3.63) is 34.9 Å². The molecule has 2 nitrogen and oxygen atoms in total. The van der Waals surface area contributed by atoms with Crippen LogP contribution >= 0.6 is 11.6 Å². The number of hydrogen-bond donors (Lipinski definition) is 1. The third-order valence-corrected chi connectivity index (χ3v) is 3.47. The van der Waals surface area contributed by atoms with E-state index < -0.39 is 0 Å². The Labute approximate surface area is 94.6 Å². The lowest BCUT2D eigenvalue weighted by Crippen LogP contribution is -2.27. The lowest BCUT2D eigenvalue weighted by atomic mass is 9.77. The molecule has 3 heteroatoms. The molecular weight excluding hydrogens is 210 g/mol. The fourth-order valence-corrected chi connectivity index (χ4v) is 2.37. The highest BCUT2D eigenvalue weighted by atomic mass is 35.5. The molecule has 0 bridgehead atoms. The number of halogens is 1. The molecule has 1 heterocycles. The van der Waals surface area contributed by atoms with Crippen LogP contribution in [0.3, 0.4) is 0 Å². The minimum absolute atomic E-state index is 0.0536. The molecule has 0 radical (unpaired) electrons. The van der Waals surface area contributed by atoms with Crippen LogP contribution in [0, 0.1) is 0 Å². The topological polar surface area (TPSA) is 29.1 Å². The van der Waals surface area contributed by atoms with Gasteiger partial charge < -0.3 is 5.32 Å². The van der Waals surface area contributed by atoms with Crippen LogP contribution in [0.15, 0.2) is 24.3 Å². The summed E-state index contributed by atoms with van der Waals surface area (Å²) in [5, 5.41) is 3.63. The summed E-state index contributed by atoms with van der Waals surface area (Å²) in [6.07, 6.45) is 1.52. The van der Waals surface area contributed by atoms with Gasteiger partial charge in [-0.3, -0.25) is 4.79 Å². The van der Waals surface area contributed by atoms with Crippen LogP contribution in [-0.4, -0.2) is 12.5 Å². The highest BCUT2D eigenvalue weighted by Gasteiger charge is 2.38. The monoisotopic (exact) mass is 223 g/mol. The predicted molar refractivity (Wildman–Crippen MR) is 61.0 cm³/mol. The summed E-state index contributed by atoms with van der Waals surface area (Å²) in [5.41, 5.74) is 1.11. The first kappa shape index (κ1) is 10.5. The van der Waals surface area contributed by atoms with Crippen molar-refractivity contribution in [3.63, 3.8) is 0 Å². The summed E-state index contributed by atoms with van der Waals surface area (Å²) in [4.78, 5) is 11.3. The molecule has 1 saturated heterocycles. The van der Waals surface area contributed by atoms with E-state index in [1.807, 2.05) is 18.2 Å². The Hall–Kier alpha value is -1.02. The third-order valence-electron chi connectivity index (χ3n) is 3.24. The Morgan fingerprint density at radius 1 is 1.53 bits per heavy atom. The average molecular weight is 224 g/mol. The number of carbonyl (C=O) groups excluding carboxylic acids is 1. The first-order valence-corrected chi connectivity index (χ1v) is 5.57. The van der Waals surface area contributed by atoms with Gasteiger partial charge in [0.05, 0.1) is 0 Å². The van der Waals surface area contributed by atoms with Crippen molar-refractivity contribution in [2.24, 2.45) is 0 Å². The third kappa shape index (κ3) is 1.86. The van der Waals surface area contributed by atoms with E-state index in [4.69, 9.17) is 11.6 Å². The van der Waals surface area contributed by atoms with E-state index in [0.717, 1.165) is 23.6 Å². The molecule has 2 rings (SSSR count). The van der Waals surface area contributed by atoms with Crippen molar-refractivity contribution < 1.29 is 4.79 Å². The fraction of sp³-hybridized carbons (Fsp3) is 0.417. The smallest absolute Gasteiger partial charge is 0.220 e. The molecule has 1 amide bonds. The number of benzene rings is 1. The van der Waals surface area contributed by atoms with E-state index in [9.17, 15) is 4.79 Å². The minimum Gasteiger partial charge on any atom is -0.355 e. The van der Waals surface area contributed by atoms with Gasteiger partial charge in [-0.2, -0.15) is 0 Å². The predicted octanol–water partition coefficient (Wildman–Crippen LogP) is 2.51. The van der Waals surface area contributed by atoms with E-state index in [0.29, 0.717) is 6.42 Å². The molecule has 1 fully saturated rings. The van der Waals surface area contributed by atoms with Gasteiger partial charge in [0.2, 0.25) is 5.91 Å². The second kappa shape index (κ2) is 3.86. The van der Waals surface area contributed by atoms with E-state index in [1.54, 1.807) is 0 Å². The van der Waals surface area contributed by atoms with Crippen LogP contribution in [0.1, 0.15) is 25.3 Å². The van der Waals surface area contributed by atoms with E-state index in [-0.39, 0.29) is 11.3 Å². The maximum atomic E-state index is 11.3. The number of nitrogens with one attached hydrogen (secondary N) is 1. The Bertz CT molecular complexity index is 391. The van der Waals surface area contributed by atoms with Crippen molar-refractivity contribution in [2.45, 2.75) is 25.2 Å². The van der Waals surface area contributed by atoms with E-state index >= 15 is 0 Å². The van der Waals surface area contributed by atoms with Crippen LogP contribution in [-0.2, 0) is 10.2 Å². The second-order valence-electron chi connectivity index (χ2n) is 4.10. The van der Waals surface area contributed by atoms with E-state index in [1.165, 1.54) is 0 Å². The molecule has 1 aliphatic rings. The van der Waals surface area contributed by atoms with Crippen molar-refractivity contribution in [1.82, 2.24) is 5.32 Å². The molecule has 1 aromatic carbocycles. The maximum absolute atomic E-state index is 11.3. The Kier molecular flexibility index (Phi) is 2.70. The van der Waals surface area contributed by atoms with Gasteiger partial charge in [-0.25, -0.2) is 0 Å². The largest absolute Gasteiger partial charge is 0.355 e. The van der Waals surface area contributed by atoms with Crippen molar-refractivity contribution in [1.29, 1.82) is 0 Å². The van der Waals surface area contributed by atoms with Gasteiger partial charge in [0.25, 0.3) is 0 Å². The van der Waals surface area contributed by atoms with Crippen LogP contribution < -0.4 is 5.32 Å². The summed E-state index contributed by atoms with van der Waals surface area (Å²) in [5.74, 6) is 0.136. The average Bonchev–Trinajstić information content (AvgIpc) is 2.61. The molecule has 1 N–H and O–H groups in total. The zero-order chi connectivity index (χ0) is 10.9. The van der Waals surface area contributed by atoms with Gasteiger partial charge in [-0.15, -0.1) is 0 Å². The Morgan fingerprint density at radius 2 is 2.33 bits per heavy atom. The second-order valence-corrected chi connectivity index (χ2v) is 4.53. The number of carbonyl (C=O) groups is 1.